The first-order chi connectivity index (χ1) is 6.94. The summed E-state index contributed by atoms with van der Waals surface area (Å²) in [6.07, 6.45) is 2.02. The van der Waals surface area contributed by atoms with Crippen LogP contribution in [0.4, 0.5) is 0 Å². The lowest BCUT2D eigenvalue weighted by Gasteiger charge is -2.21. The highest BCUT2D eigenvalue weighted by molar-refractivity contribution is 9.10. The molecule has 1 aromatic rings. The molecule has 1 amide bonds. The van der Waals surface area contributed by atoms with Crippen LogP contribution in [0.5, 0.6) is 0 Å². The molecule has 1 heterocycles. The molecule has 0 aliphatic carbocycles. The van der Waals surface area contributed by atoms with Crippen LogP contribution in [-0.4, -0.2) is 23.5 Å². The highest BCUT2D eigenvalue weighted by Gasteiger charge is 2.18. The number of halogens is 1. The quantitative estimate of drug-likeness (QED) is 0.927. The number of carbonyl (C=O) groups is 1. The van der Waals surface area contributed by atoms with Crippen molar-refractivity contribution in [2.24, 2.45) is 0 Å². The standard InChI is InChI=1S/C10H14BrNO2S/c1-10(2,15-3)6-12-9(13)7-4-5-8(11)14-7/h4-5H,6H2,1-3H3,(H,12,13). The van der Waals surface area contributed by atoms with E-state index in [0.29, 0.717) is 17.0 Å². The average Bonchev–Trinajstić information content (AvgIpc) is 2.61. The predicted octanol–water partition coefficient (Wildman–Crippen LogP) is 2.91. The molecule has 5 heteroatoms. The second kappa shape index (κ2) is 5.07. The molecule has 1 aromatic heterocycles. The van der Waals surface area contributed by atoms with E-state index in [2.05, 4.69) is 35.1 Å². The molecular weight excluding hydrogens is 278 g/mol. The predicted molar refractivity (Wildman–Crippen MR) is 66.3 cm³/mol. The van der Waals surface area contributed by atoms with Crippen molar-refractivity contribution in [3.63, 3.8) is 0 Å². The Balaban J connectivity index is 2.50. The van der Waals surface area contributed by atoms with Gasteiger partial charge in [0.15, 0.2) is 10.4 Å². The first-order valence-corrected chi connectivity index (χ1v) is 6.55. The van der Waals surface area contributed by atoms with Crippen LogP contribution >= 0.6 is 27.7 Å². The maximum Gasteiger partial charge on any atom is 0.287 e. The van der Waals surface area contributed by atoms with Crippen molar-refractivity contribution in [2.45, 2.75) is 18.6 Å². The Morgan fingerprint density at radius 2 is 2.27 bits per heavy atom. The second-order valence-electron chi connectivity index (χ2n) is 3.75. The summed E-state index contributed by atoms with van der Waals surface area (Å²) < 4.78 is 5.75. The Hall–Kier alpha value is -0.420. The van der Waals surface area contributed by atoms with E-state index in [9.17, 15) is 4.79 Å². The summed E-state index contributed by atoms with van der Waals surface area (Å²) in [4.78, 5) is 11.6. The molecule has 3 nitrogen and oxygen atoms in total. The van der Waals surface area contributed by atoms with Crippen LogP contribution in [0.15, 0.2) is 21.2 Å². The minimum atomic E-state index is -0.178. The molecule has 0 bridgehead atoms. The lowest BCUT2D eigenvalue weighted by atomic mass is 10.2. The van der Waals surface area contributed by atoms with Gasteiger partial charge in [-0.25, -0.2) is 0 Å². The maximum absolute atomic E-state index is 11.6. The van der Waals surface area contributed by atoms with Gasteiger partial charge in [0.2, 0.25) is 0 Å². The Kier molecular flexibility index (Phi) is 4.28. The van der Waals surface area contributed by atoms with Gasteiger partial charge in [-0.3, -0.25) is 4.79 Å². The summed E-state index contributed by atoms with van der Waals surface area (Å²) in [5.41, 5.74) is 0. The number of hydrogen-bond donors (Lipinski definition) is 1. The van der Waals surface area contributed by atoms with E-state index in [1.807, 2.05) is 6.26 Å². The van der Waals surface area contributed by atoms with Gasteiger partial charge in [0.05, 0.1) is 0 Å². The summed E-state index contributed by atoms with van der Waals surface area (Å²) in [6, 6.07) is 3.35. The van der Waals surface area contributed by atoms with Gasteiger partial charge in [-0.05, 0) is 48.2 Å². The van der Waals surface area contributed by atoms with Crippen molar-refractivity contribution in [1.29, 1.82) is 0 Å². The Bertz CT molecular complexity index is 349. The molecule has 15 heavy (non-hydrogen) atoms. The normalized spacial score (nSPS) is 11.5. The molecule has 0 saturated heterocycles. The smallest absolute Gasteiger partial charge is 0.287 e. The van der Waals surface area contributed by atoms with Gasteiger partial charge in [-0.2, -0.15) is 11.8 Å². The minimum Gasteiger partial charge on any atom is -0.444 e. The van der Waals surface area contributed by atoms with E-state index in [-0.39, 0.29) is 10.7 Å². The molecule has 0 aliphatic heterocycles. The minimum absolute atomic E-state index is 0.0412. The molecule has 0 unspecified atom stereocenters. The lowest BCUT2D eigenvalue weighted by Crippen LogP contribution is -2.35. The number of carbonyl (C=O) groups excluding carboxylic acids is 1. The molecule has 0 fully saturated rings. The van der Waals surface area contributed by atoms with E-state index in [0.717, 1.165) is 0 Å². The van der Waals surface area contributed by atoms with Crippen molar-refractivity contribution < 1.29 is 9.21 Å². The molecule has 0 spiro atoms. The first kappa shape index (κ1) is 12.6. The van der Waals surface area contributed by atoms with Crippen molar-refractivity contribution in [3.8, 4) is 0 Å². The summed E-state index contributed by atoms with van der Waals surface area (Å²) in [5, 5.41) is 2.83. The number of nitrogens with one attached hydrogen (secondary N) is 1. The monoisotopic (exact) mass is 291 g/mol. The van der Waals surface area contributed by atoms with Crippen molar-refractivity contribution in [2.75, 3.05) is 12.8 Å². The molecule has 1 N–H and O–H groups in total. The van der Waals surface area contributed by atoms with Gasteiger partial charge in [0.1, 0.15) is 0 Å². The summed E-state index contributed by atoms with van der Waals surface area (Å²) >= 11 is 4.87. The third-order valence-electron chi connectivity index (χ3n) is 2.02. The zero-order valence-corrected chi connectivity index (χ0v) is 11.4. The third-order valence-corrected chi connectivity index (χ3v) is 3.70. The number of amides is 1. The van der Waals surface area contributed by atoms with Gasteiger partial charge in [0.25, 0.3) is 5.91 Å². The zero-order valence-electron chi connectivity index (χ0n) is 8.96. The Morgan fingerprint density at radius 1 is 1.60 bits per heavy atom. The number of furan rings is 1. The summed E-state index contributed by atoms with van der Waals surface area (Å²) in [7, 11) is 0. The van der Waals surface area contributed by atoms with Crippen LogP contribution in [0.2, 0.25) is 0 Å². The maximum atomic E-state index is 11.6. The van der Waals surface area contributed by atoms with Crippen LogP contribution < -0.4 is 5.32 Å². The van der Waals surface area contributed by atoms with E-state index >= 15 is 0 Å². The number of thioether (sulfide) groups is 1. The zero-order chi connectivity index (χ0) is 11.5. The molecule has 84 valence electrons. The fourth-order valence-electron chi connectivity index (χ4n) is 0.889. The molecule has 0 aliphatic rings. The average molecular weight is 292 g/mol. The van der Waals surface area contributed by atoms with Crippen molar-refractivity contribution in [3.05, 3.63) is 22.6 Å². The highest BCUT2D eigenvalue weighted by Crippen LogP contribution is 2.20. The van der Waals surface area contributed by atoms with Gasteiger partial charge in [0, 0.05) is 11.3 Å². The van der Waals surface area contributed by atoms with Gasteiger partial charge in [-0.15, -0.1) is 0 Å². The molecule has 0 radical (unpaired) electrons. The fraction of sp³-hybridized carbons (Fsp3) is 0.500. The SMILES string of the molecule is CSC(C)(C)CNC(=O)c1ccc(Br)o1. The van der Waals surface area contributed by atoms with Crippen molar-refractivity contribution in [1.82, 2.24) is 5.32 Å². The summed E-state index contributed by atoms with van der Waals surface area (Å²) in [5.74, 6) is 0.154. The van der Waals surface area contributed by atoms with E-state index < -0.39 is 0 Å². The first-order valence-electron chi connectivity index (χ1n) is 4.53. The summed E-state index contributed by atoms with van der Waals surface area (Å²) in [6.45, 7) is 4.78. The molecule has 0 aromatic carbocycles. The van der Waals surface area contributed by atoms with Crippen LogP contribution in [0.25, 0.3) is 0 Å². The number of rotatable bonds is 4. The number of hydrogen-bond acceptors (Lipinski definition) is 3. The Labute approximate surface area is 102 Å². The molecule has 0 saturated carbocycles. The third kappa shape index (κ3) is 3.91. The van der Waals surface area contributed by atoms with Gasteiger partial charge >= 0.3 is 0 Å². The van der Waals surface area contributed by atoms with Crippen molar-refractivity contribution >= 4 is 33.6 Å². The van der Waals surface area contributed by atoms with Gasteiger partial charge < -0.3 is 9.73 Å². The lowest BCUT2D eigenvalue weighted by molar-refractivity contribution is 0.0922. The van der Waals surface area contributed by atoms with Crippen LogP contribution in [0.3, 0.4) is 0 Å². The highest BCUT2D eigenvalue weighted by atomic mass is 79.9. The van der Waals surface area contributed by atoms with Crippen LogP contribution in [0, 0.1) is 0 Å². The molecule has 0 atom stereocenters. The van der Waals surface area contributed by atoms with Crippen LogP contribution in [0.1, 0.15) is 24.4 Å². The van der Waals surface area contributed by atoms with Gasteiger partial charge in [-0.1, -0.05) is 0 Å². The van der Waals surface area contributed by atoms with E-state index in [4.69, 9.17) is 4.42 Å². The van der Waals surface area contributed by atoms with E-state index in [1.54, 1.807) is 23.9 Å². The van der Waals surface area contributed by atoms with E-state index in [1.165, 1.54) is 0 Å². The second-order valence-corrected chi connectivity index (χ2v) is 6.05. The molecule has 1 rings (SSSR count). The largest absolute Gasteiger partial charge is 0.444 e. The van der Waals surface area contributed by atoms with Crippen LogP contribution in [-0.2, 0) is 0 Å². The molecular formula is C10H14BrNO2S. The topological polar surface area (TPSA) is 42.2 Å². The fourth-order valence-corrected chi connectivity index (χ4v) is 1.41. The Morgan fingerprint density at radius 3 is 2.73 bits per heavy atom.